The number of nitrogens with one attached hydrogen (secondary N) is 1. The van der Waals surface area contributed by atoms with Gasteiger partial charge in [0.25, 0.3) is 5.91 Å². The van der Waals surface area contributed by atoms with E-state index in [1.807, 2.05) is 81.8 Å². The molecule has 2 bridgehead atoms. The summed E-state index contributed by atoms with van der Waals surface area (Å²) in [5.41, 5.74) is -0.651. The summed E-state index contributed by atoms with van der Waals surface area (Å²) in [5, 5.41) is 4.38. The smallest absolute Gasteiger partial charge is 0.415 e. The summed E-state index contributed by atoms with van der Waals surface area (Å²) in [6.45, 7) is 10.9. The third kappa shape index (κ3) is 3.99. The maximum absolute atomic E-state index is 14.0. The van der Waals surface area contributed by atoms with Gasteiger partial charge in [-0.15, -0.1) is 0 Å². The number of benzene rings is 2. The van der Waals surface area contributed by atoms with E-state index in [1.54, 1.807) is 11.0 Å². The van der Waals surface area contributed by atoms with Gasteiger partial charge >= 0.3 is 12.1 Å². The van der Waals surface area contributed by atoms with Gasteiger partial charge in [0.15, 0.2) is 11.4 Å². The molecule has 2 aromatic carbocycles. The van der Waals surface area contributed by atoms with Crippen LogP contribution in [-0.4, -0.2) is 46.1 Å². The summed E-state index contributed by atoms with van der Waals surface area (Å²) in [7, 11) is 0. The standard InChI is InChI=1S/C30H34ClN3O5/c1-6-33(7-2)27(37)38-23-13-12-22-20(14-17-34(22)18-19-10-8-9-11-21(19)31)24(23)32-25(35)30-16-15-29(5,26(36)39-30)28(30,3)4/h8-14,17H,6-7,15-16,18H2,1-5H3,(H,32,35). The van der Waals surface area contributed by atoms with Gasteiger partial charge < -0.3 is 24.3 Å². The first-order valence-electron chi connectivity index (χ1n) is 13.4. The van der Waals surface area contributed by atoms with Crippen LogP contribution in [0.25, 0.3) is 10.9 Å². The average Bonchev–Trinajstić information content (AvgIpc) is 3.44. The number of esters is 1. The van der Waals surface area contributed by atoms with Crippen molar-refractivity contribution < 1.29 is 23.9 Å². The quantitative estimate of drug-likeness (QED) is 0.351. The predicted octanol–water partition coefficient (Wildman–Crippen LogP) is 6.24. The molecule has 2 fully saturated rings. The number of carbonyl (C=O) groups is 3. The van der Waals surface area contributed by atoms with Crippen LogP contribution in [0.1, 0.15) is 53.0 Å². The Morgan fingerprint density at radius 3 is 2.41 bits per heavy atom. The fraction of sp³-hybridized carbons (Fsp3) is 0.433. The number of nitrogens with zero attached hydrogens (tertiary/aromatic N) is 2. The summed E-state index contributed by atoms with van der Waals surface area (Å²) in [6, 6.07) is 13.0. The monoisotopic (exact) mass is 551 g/mol. The second-order valence-corrected chi connectivity index (χ2v) is 11.5. The van der Waals surface area contributed by atoms with Crippen molar-refractivity contribution in [2.75, 3.05) is 18.4 Å². The number of hydrogen-bond acceptors (Lipinski definition) is 5. The molecule has 2 heterocycles. The van der Waals surface area contributed by atoms with Crippen LogP contribution in [0, 0.1) is 10.8 Å². The average molecular weight is 552 g/mol. The first kappa shape index (κ1) is 27.1. The lowest BCUT2D eigenvalue weighted by Gasteiger charge is -2.35. The maximum Gasteiger partial charge on any atom is 0.415 e. The van der Waals surface area contributed by atoms with Crippen molar-refractivity contribution in [2.24, 2.45) is 10.8 Å². The topological polar surface area (TPSA) is 89.9 Å². The molecule has 2 atom stereocenters. The van der Waals surface area contributed by atoms with Gasteiger partial charge in [0.2, 0.25) is 0 Å². The maximum atomic E-state index is 14.0. The Hall–Kier alpha value is -3.52. The van der Waals surface area contributed by atoms with Gasteiger partial charge in [0, 0.05) is 41.7 Å². The molecule has 1 saturated heterocycles. The summed E-state index contributed by atoms with van der Waals surface area (Å²) in [4.78, 5) is 41.3. The predicted molar refractivity (Wildman–Crippen MR) is 150 cm³/mol. The van der Waals surface area contributed by atoms with E-state index in [4.69, 9.17) is 21.1 Å². The van der Waals surface area contributed by atoms with E-state index in [0.717, 1.165) is 11.1 Å². The lowest BCUT2D eigenvalue weighted by Crippen LogP contribution is -2.50. The largest absolute Gasteiger partial charge is 0.448 e. The molecule has 2 unspecified atom stereocenters. The van der Waals surface area contributed by atoms with Gasteiger partial charge in [-0.25, -0.2) is 4.79 Å². The Labute approximate surface area is 233 Å². The first-order chi connectivity index (χ1) is 18.5. The van der Waals surface area contributed by atoms with Gasteiger partial charge in [-0.2, -0.15) is 0 Å². The fourth-order valence-corrected chi connectivity index (χ4v) is 6.21. The van der Waals surface area contributed by atoms with Gasteiger partial charge in [-0.1, -0.05) is 43.6 Å². The molecule has 1 aliphatic heterocycles. The Morgan fingerprint density at radius 1 is 1.08 bits per heavy atom. The van der Waals surface area contributed by atoms with E-state index in [-0.39, 0.29) is 11.7 Å². The molecule has 5 rings (SSSR count). The van der Waals surface area contributed by atoms with Crippen LogP contribution in [0.5, 0.6) is 5.75 Å². The van der Waals surface area contributed by atoms with Crippen LogP contribution in [0.4, 0.5) is 10.5 Å². The molecule has 1 saturated carbocycles. The number of amides is 2. The summed E-state index contributed by atoms with van der Waals surface area (Å²) >= 11 is 6.42. The minimum Gasteiger partial charge on any atom is -0.448 e. The van der Waals surface area contributed by atoms with Gasteiger partial charge in [-0.05, 0) is 63.4 Å². The molecule has 0 radical (unpaired) electrons. The molecule has 1 aliphatic carbocycles. The van der Waals surface area contributed by atoms with Crippen molar-refractivity contribution in [3.05, 3.63) is 59.2 Å². The van der Waals surface area contributed by atoms with E-state index in [1.165, 1.54) is 0 Å². The Kier molecular flexibility index (Phi) is 6.66. The van der Waals surface area contributed by atoms with Crippen molar-refractivity contribution in [1.29, 1.82) is 0 Å². The minimum atomic E-state index is -1.32. The van der Waals surface area contributed by atoms with E-state index >= 15 is 0 Å². The number of hydrogen-bond donors (Lipinski definition) is 1. The second-order valence-electron chi connectivity index (χ2n) is 11.1. The molecule has 1 aromatic heterocycles. The molecule has 0 spiro atoms. The lowest BCUT2D eigenvalue weighted by atomic mass is 9.66. The number of fused-ring (bicyclic) bond motifs is 3. The highest BCUT2D eigenvalue weighted by Gasteiger charge is 2.75. The Morgan fingerprint density at radius 2 is 1.79 bits per heavy atom. The van der Waals surface area contributed by atoms with Crippen LogP contribution < -0.4 is 10.1 Å². The Bertz CT molecular complexity index is 1480. The number of aromatic nitrogens is 1. The zero-order chi connectivity index (χ0) is 28.2. The molecule has 2 amide bonds. The normalized spacial score (nSPS) is 23.1. The summed E-state index contributed by atoms with van der Waals surface area (Å²) < 4.78 is 13.6. The zero-order valence-electron chi connectivity index (χ0n) is 23.0. The molecule has 9 heteroatoms. The van der Waals surface area contributed by atoms with E-state index in [2.05, 4.69) is 5.32 Å². The SMILES string of the molecule is CCN(CC)C(=O)Oc1ccc2c(ccn2Cc2ccccc2Cl)c1NC(=O)C12CCC(C)(C(=O)O1)C2(C)C. The highest BCUT2D eigenvalue weighted by Crippen LogP contribution is 2.65. The zero-order valence-corrected chi connectivity index (χ0v) is 23.7. The van der Waals surface area contributed by atoms with Crippen LogP contribution in [0.15, 0.2) is 48.7 Å². The van der Waals surface area contributed by atoms with Crippen molar-refractivity contribution in [1.82, 2.24) is 9.47 Å². The van der Waals surface area contributed by atoms with Gasteiger partial charge in [-0.3, -0.25) is 9.59 Å². The highest BCUT2D eigenvalue weighted by molar-refractivity contribution is 6.31. The molecule has 2 aliphatic rings. The lowest BCUT2D eigenvalue weighted by molar-refractivity contribution is -0.165. The third-order valence-electron chi connectivity index (χ3n) is 9.12. The first-order valence-corrected chi connectivity index (χ1v) is 13.7. The summed E-state index contributed by atoms with van der Waals surface area (Å²) in [5.74, 6) is -0.553. The fourth-order valence-electron chi connectivity index (χ4n) is 6.02. The van der Waals surface area contributed by atoms with Crippen LogP contribution >= 0.6 is 11.6 Å². The van der Waals surface area contributed by atoms with E-state index in [9.17, 15) is 14.4 Å². The third-order valence-corrected chi connectivity index (χ3v) is 9.49. The van der Waals surface area contributed by atoms with Gasteiger partial charge in [0.1, 0.15) is 0 Å². The molecule has 206 valence electrons. The molecule has 8 nitrogen and oxygen atoms in total. The molecular weight excluding hydrogens is 518 g/mol. The minimum absolute atomic E-state index is 0.225. The van der Waals surface area contributed by atoms with Crippen LogP contribution in [0.3, 0.4) is 0 Å². The van der Waals surface area contributed by atoms with Crippen molar-refractivity contribution in [3.63, 3.8) is 0 Å². The molecule has 1 N–H and O–H groups in total. The molecular formula is C30H34ClN3O5. The second kappa shape index (κ2) is 9.59. The number of rotatable bonds is 7. The van der Waals surface area contributed by atoms with Gasteiger partial charge in [0.05, 0.1) is 16.6 Å². The molecule has 3 aromatic rings. The van der Waals surface area contributed by atoms with E-state index in [0.29, 0.717) is 48.6 Å². The molecule has 39 heavy (non-hydrogen) atoms. The Balaban J connectivity index is 1.57. The number of anilines is 1. The van der Waals surface area contributed by atoms with E-state index < -0.39 is 28.4 Å². The van der Waals surface area contributed by atoms with Crippen LogP contribution in [0.2, 0.25) is 5.02 Å². The number of halogens is 1. The number of carbonyl (C=O) groups excluding carboxylic acids is 3. The van der Waals surface area contributed by atoms with Crippen molar-refractivity contribution in [3.8, 4) is 5.75 Å². The van der Waals surface area contributed by atoms with Crippen LogP contribution in [-0.2, 0) is 20.9 Å². The van der Waals surface area contributed by atoms with Crippen molar-refractivity contribution in [2.45, 2.75) is 59.6 Å². The number of ether oxygens (including phenoxy) is 2. The van der Waals surface area contributed by atoms with Crippen molar-refractivity contribution >= 4 is 46.2 Å². The summed E-state index contributed by atoms with van der Waals surface area (Å²) in [6.07, 6.45) is 2.38. The highest BCUT2D eigenvalue weighted by atomic mass is 35.5.